The number of likely N-dealkylation sites (N-methyl/N-ethyl adjacent to an activating group) is 1. The highest BCUT2D eigenvalue weighted by Crippen LogP contribution is 2.35. The molecule has 3 nitrogen and oxygen atoms in total. The van der Waals surface area contributed by atoms with Crippen LogP contribution in [-0.2, 0) is 0 Å². The van der Waals surface area contributed by atoms with Gasteiger partial charge in [0.15, 0.2) is 0 Å². The van der Waals surface area contributed by atoms with Crippen molar-refractivity contribution in [3.63, 3.8) is 0 Å². The maximum atomic E-state index is 6.07. The van der Waals surface area contributed by atoms with Crippen molar-refractivity contribution in [2.45, 2.75) is 44.9 Å². The minimum atomic E-state index is 0.429. The van der Waals surface area contributed by atoms with Gasteiger partial charge in [-0.15, -0.1) is 0 Å². The molecule has 0 spiro atoms. The first kappa shape index (κ1) is 14.3. The maximum Gasteiger partial charge on any atom is 0.0109 e. The molecule has 2 N–H and O–H groups in total. The fraction of sp³-hybridized carbons (Fsp3) is 1.00. The number of hydrogen-bond donors (Lipinski definition) is 1. The summed E-state index contributed by atoms with van der Waals surface area (Å²) in [6, 6.07) is 0. The van der Waals surface area contributed by atoms with Gasteiger partial charge in [-0.1, -0.05) is 19.3 Å². The molecule has 1 heterocycles. The van der Waals surface area contributed by atoms with Crippen LogP contribution in [0.5, 0.6) is 0 Å². The van der Waals surface area contributed by atoms with E-state index in [1.165, 1.54) is 77.7 Å². The Morgan fingerprint density at radius 3 is 2.33 bits per heavy atom. The van der Waals surface area contributed by atoms with Crippen molar-refractivity contribution in [1.82, 2.24) is 9.80 Å². The Labute approximate surface area is 113 Å². The van der Waals surface area contributed by atoms with E-state index < -0.39 is 0 Å². The van der Waals surface area contributed by atoms with Gasteiger partial charge < -0.3 is 15.5 Å². The van der Waals surface area contributed by atoms with Gasteiger partial charge in [0.05, 0.1) is 0 Å². The molecule has 3 heteroatoms. The summed E-state index contributed by atoms with van der Waals surface area (Å²) in [6.45, 7) is 7.17. The van der Waals surface area contributed by atoms with E-state index in [4.69, 9.17) is 5.73 Å². The van der Waals surface area contributed by atoms with Crippen LogP contribution in [0.4, 0.5) is 0 Å². The smallest absolute Gasteiger partial charge is 0.0109 e. The van der Waals surface area contributed by atoms with Gasteiger partial charge in [-0.2, -0.15) is 0 Å². The van der Waals surface area contributed by atoms with Gasteiger partial charge in [0.2, 0.25) is 0 Å². The summed E-state index contributed by atoms with van der Waals surface area (Å²) in [5, 5.41) is 0. The highest BCUT2D eigenvalue weighted by molar-refractivity contribution is 4.86. The Bertz CT molecular complexity index is 230. The molecule has 0 bridgehead atoms. The molecule has 0 unspecified atom stereocenters. The lowest BCUT2D eigenvalue weighted by atomic mass is 9.74. The molecule has 2 aliphatic rings. The normalized spacial score (nSPS) is 24.8. The molecule has 2 rings (SSSR count). The quantitative estimate of drug-likeness (QED) is 0.785. The summed E-state index contributed by atoms with van der Waals surface area (Å²) < 4.78 is 0. The second kappa shape index (κ2) is 6.88. The lowest BCUT2D eigenvalue weighted by Gasteiger charge is -2.39. The van der Waals surface area contributed by atoms with Crippen LogP contribution >= 0.6 is 0 Å². The van der Waals surface area contributed by atoms with Crippen LogP contribution in [0.25, 0.3) is 0 Å². The van der Waals surface area contributed by atoms with Crippen LogP contribution in [-0.4, -0.2) is 56.1 Å². The zero-order valence-corrected chi connectivity index (χ0v) is 12.2. The summed E-state index contributed by atoms with van der Waals surface area (Å²) in [7, 11) is 2.28. The van der Waals surface area contributed by atoms with Gasteiger partial charge in [0, 0.05) is 19.6 Å². The SMILES string of the molecule is CN(CCN1CCCC1)CC1(CN)CCCCC1. The second-order valence-electron chi connectivity index (χ2n) is 6.55. The van der Waals surface area contributed by atoms with Crippen LogP contribution in [0, 0.1) is 5.41 Å². The Kier molecular flexibility index (Phi) is 5.46. The predicted octanol–water partition coefficient (Wildman–Crippen LogP) is 1.92. The molecule has 0 amide bonds. The highest BCUT2D eigenvalue weighted by atomic mass is 15.2. The van der Waals surface area contributed by atoms with Gasteiger partial charge >= 0.3 is 0 Å². The number of nitrogens with zero attached hydrogens (tertiary/aromatic N) is 2. The summed E-state index contributed by atoms with van der Waals surface area (Å²) >= 11 is 0. The van der Waals surface area contributed by atoms with E-state index >= 15 is 0 Å². The van der Waals surface area contributed by atoms with Crippen molar-refractivity contribution in [3.05, 3.63) is 0 Å². The highest BCUT2D eigenvalue weighted by Gasteiger charge is 2.31. The number of likely N-dealkylation sites (tertiary alicyclic amines) is 1. The lowest BCUT2D eigenvalue weighted by molar-refractivity contribution is 0.121. The number of rotatable bonds is 6. The fourth-order valence-corrected chi connectivity index (χ4v) is 3.70. The Morgan fingerprint density at radius 1 is 1.06 bits per heavy atom. The third-order valence-corrected chi connectivity index (χ3v) is 4.95. The monoisotopic (exact) mass is 253 g/mol. The van der Waals surface area contributed by atoms with E-state index in [-0.39, 0.29) is 0 Å². The molecule has 1 aliphatic heterocycles. The lowest BCUT2D eigenvalue weighted by Crippen LogP contribution is -2.44. The van der Waals surface area contributed by atoms with E-state index in [1.807, 2.05) is 0 Å². The van der Waals surface area contributed by atoms with Crippen molar-refractivity contribution in [2.75, 3.05) is 46.3 Å². The van der Waals surface area contributed by atoms with Gasteiger partial charge in [-0.05, 0) is 57.8 Å². The second-order valence-corrected chi connectivity index (χ2v) is 6.55. The van der Waals surface area contributed by atoms with E-state index in [0.29, 0.717) is 5.41 Å². The predicted molar refractivity (Wildman–Crippen MR) is 77.7 cm³/mol. The molecule has 1 saturated carbocycles. The zero-order valence-electron chi connectivity index (χ0n) is 12.2. The zero-order chi connectivity index (χ0) is 12.8. The molecule has 2 fully saturated rings. The Morgan fingerprint density at radius 2 is 1.72 bits per heavy atom. The van der Waals surface area contributed by atoms with Gasteiger partial charge in [-0.3, -0.25) is 0 Å². The van der Waals surface area contributed by atoms with E-state index in [1.54, 1.807) is 0 Å². The van der Waals surface area contributed by atoms with Crippen molar-refractivity contribution >= 4 is 0 Å². The third-order valence-electron chi connectivity index (χ3n) is 4.95. The van der Waals surface area contributed by atoms with Gasteiger partial charge in [0.1, 0.15) is 0 Å². The van der Waals surface area contributed by atoms with Gasteiger partial charge in [-0.25, -0.2) is 0 Å². The van der Waals surface area contributed by atoms with Crippen LogP contribution in [0.2, 0.25) is 0 Å². The summed E-state index contributed by atoms with van der Waals surface area (Å²) in [5.41, 5.74) is 6.50. The first-order chi connectivity index (χ1) is 8.74. The Balaban J connectivity index is 1.72. The molecule has 1 aliphatic carbocycles. The van der Waals surface area contributed by atoms with Gasteiger partial charge in [0.25, 0.3) is 0 Å². The minimum Gasteiger partial charge on any atom is -0.330 e. The Hall–Kier alpha value is -0.120. The van der Waals surface area contributed by atoms with Crippen LogP contribution in [0.15, 0.2) is 0 Å². The minimum absolute atomic E-state index is 0.429. The van der Waals surface area contributed by atoms with Crippen molar-refractivity contribution in [2.24, 2.45) is 11.1 Å². The summed E-state index contributed by atoms with van der Waals surface area (Å²) in [4.78, 5) is 5.13. The van der Waals surface area contributed by atoms with E-state index in [0.717, 1.165) is 6.54 Å². The molecule has 106 valence electrons. The fourth-order valence-electron chi connectivity index (χ4n) is 3.70. The number of nitrogens with two attached hydrogens (primary N) is 1. The van der Waals surface area contributed by atoms with Crippen LogP contribution in [0.3, 0.4) is 0 Å². The molecular formula is C15H31N3. The molecule has 0 atom stereocenters. The van der Waals surface area contributed by atoms with Crippen molar-refractivity contribution < 1.29 is 0 Å². The maximum absolute atomic E-state index is 6.07. The molecule has 18 heavy (non-hydrogen) atoms. The average molecular weight is 253 g/mol. The largest absolute Gasteiger partial charge is 0.330 e. The van der Waals surface area contributed by atoms with Crippen LogP contribution in [0.1, 0.15) is 44.9 Å². The first-order valence-corrected chi connectivity index (χ1v) is 7.85. The topological polar surface area (TPSA) is 32.5 Å². The van der Waals surface area contributed by atoms with Crippen molar-refractivity contribution in [3.8, 4) is 0 Å². The van der Waals surface area contributed by atoms with Crippen LogP contribution < -0.4 is 5.73 Å². The molecule has 1 saturated heterocycles. The summed E-state index contributed by atoms with van der Waals surface area (Å²) in [5.74, 6) is 0. The molecule has 0 aromatic carbocycles. The molecule has 0 aromatic rings. The molecular weight excluding hydrogens is 222 g/mol. The number of hydrogen-bond acceptors (Lipinski definition) is 3. The molecule has 0 radical (unpaired) electrons. The average Bonchev–Trinajstić information content (AvgIpc) is 2.91. The molecule has 0 aromatic heterocycles. The third kappa shape index (κ3) is 3.94. The standard InChI is InChI=1S/C15H31N3/c1-17(11-12-18-9-5-6-10-18)14-15(13-16)7-3-2-4-8-15/h2-14,16H2,1H3. The van der Waals surface area contributed by atoms with E-state index in [2.05, 4.69) is 16.8 Å². The first-order valence-electron chi connectivity index (χ1n) is 7.85. The summed E-state index contributed by atoms with van der Waals surface area (Å²) in [6.07, 6.45) is 9.68. The van der Waals surface area contributed by atoms with E-state index in [9.17, 15) is 0 Å². The van der Waals surface area contributed by atoms with Crippen molar-refractivity contribution in [1.29, 1.82) is 0 Å².